The van der Waals surface area contributed by atoms with Gasteiger partial charge < -0.3 is 10.1 Å². The highest BCUT2D eigenvalue weighted by molar-refractivity contribution is 5.61. The van der Waals surface area contributed by atoms with E-state index < -0.39 is 10.7 Å². The SMILES string of the molecule is CCOCCCNc1ccc(F)cc1[N+](=O)[O-]. The maximum atomic E-state index is 12.8. The van der Waals surface area contributed by atoms with Crippen molar-refractivity contribution < 1.29 is 14.1 Å². The van der Waals surface area contributed by atoms with Crippen LogP contribution in [0.5, 0.6) is 0 Å². The molecule has 6 heteroatoms. The summed E-state index contributed by atoms with van der Waals surface area (Å²) in [7, 11) is 0. The van der Waals surface area contributed by atoms with E-state index in [4.69, 9.17) is 4.74 Å². The van der Waals surface area contributed by atoms with E-state index in [1.54, 1.807) is 0 Å². The summed E-state index contributed by atoms with van der Waals surface area (Å²) in [5, 5.41) is 13.6. The van der Waals surface area contributed by atoms with E-state index in [1.165, 1.54) is 12.1 Å². The number of ether oxygens (including phenoxy) is 1. The van der Waals surface area contributed by atoms with Gasteiger partial charge in [-0.1, -0.05) is 0 Å². The van der Waals surface area contributed by atoms with Gasteiger partial charge in [0, 0.05) is 19.8 Å². The molecule has 1 aromatic carbocycles. The van der Waals surface area contributed by atoms with Crippen LogP contribution in [0, 0.1) is 15.9 Å². The maximum Gasteiger partial charge on any atom is 0.295 e. The molecule has 1 N–H and O–H groups in total. The normalized spacial score (nSPS) is 10.2. The summed E-state index contributed by atoms with van der Waals surface area (Å²) in [6.45, 7) is 3.69. The highest BCUT2D eigenvalue weighted by Gasteiger charge is 2.13. The fraction of sp³-hybridized carbons (Fsp3) is 0.455. The molecule has 17 heavy (non-hydrogen) atoms. The second-order valence-corrected chi connectivity index (χ2v) is 3.40. The van der Waals surface area contributed by atoms with Gasteiger partial charge in [-0.3, -0.25) is 10.1 Å². The molecular formula is C11H15FN2O3. The molecule has 0 fully saturated rings. The molecule has 0 aliphatic rings. The Morgan fingerprint density at radius 1 is 1.53 bits per heavy atom. The number of nitro groups is 1. The first-order valence-corrected chi connectivity index (χ1v) is 5.40. The van der Waals surface area contributed by atoms with Crippen LogP contribution in [-0.4, -0.2) is 24.7 Å². The van der Waals surface area contributed by atoms with Crippen molar-refractivity contribution in [1.82, 2.24) is 0 Å². The predicted molar refractivity (Wildman–Crippen MR) is 62.7 cm³/mol. The van der Waals surface area contributed by atoms with Gasteiger partial charge >= 0.3 is 0 Å². The number of halogens is 1. The van der Waals surface area contributed by atoms with Crippen molar-refractivity contribution >= 4 is 11.4 Å². The van der Waals surface area contributed by atoms with Gasteiger partial charge in [-0.05, 0) is 25.5 Å². The predicted octanol–water partition coefficient (Wildman–Crippen LogP) is 2.57. The molecule has 1 rings (SSSR count). The van der Waals surface area contributed by atoms with Crippen molar-refractivity contribution in [2.45, 2.75) is 13.3 Å². The average Bonchev–Trinajstić information content (AvgIpc) is 2.30. The summed E-state index contributed by atoms with van der Waals surface area (Å²) in [5.41, 5.74) is 0.0781. The number of hydrogen-bond donors (Lipinski definition) is 1. The zero-order chi connectivity index (χ0) is 12.7. The number of nitrogens with zero attached hydrogens (tertiary/aromatic N) is 1. The molecular weight excluding hydrogens is 227 g/mol. The van der Waals surface area contributed by atoms with Crippen LogP contribution >= 0.6 is 0 Å². The Balaban J connectivity index is 2.55. The molecule has 0 unspecified atom stereocenters. The fourth-order valence-electron chi connectivity index (χ4n) is 1.35. The Morgan fingerprint density at radius 2 is 2.29 bits per heavy atom. The molecule has 0 heterocycles. The lowest BCUT2D eigenvalue weighted by molar-refractivity contribution is -0.384. The molecule has 5 nitrogen and oxygen atoms in total. The van der Waals surface area contributed by atoms with Crippen LogP contribution < -0.4 is 5.32 Å². The molecule has 0 saturated carbocycles. The number of nitro benzene ring substituents is 1. The van der Waals surface area contributed by atoms with Gasteiger partial charge in [0.1, 0.15) is 11.5 Å². The van der Waals surface area contributed by atoms with Gasteiger partial charge in [0.2, 0.25) is 0 Å². The van der Waals surface area contributed by atoms with Gasteiger partial charge in [-0.15, -0.1) is 0 Å². The first-order chi connectivity index (χ1) is 8.15. The maximum absolute atomic E-state index is 12.8. The molecule has 0 aliphatic carbocycles. The summed E-state index contributed by atoms with van der Waals surface area (Å²) in [6, 6.07) is 3.47. The lowest BCUT2D eigenvalue weighted by Gasteiger charge is -2.07. The van der Waals surface area contributed by atoms with Crippen molar-refractivity contribution in [3.63, 3.8) is 0 Å². The molecule has 0 aliphatic heterocycles. The van der Waals surface area contributed by atoms with Crippen LogP contribution in [0.2, 0.25) is 0 Å². The number of rotatable bonds is 7. The summed E-state index contributed by atoms with van der Waals surface area (Å²) >= 11 is 0. The van der Waals surface area contributed by atoms with E-state index in [9.17, 15) is 14.5 Å². The van der Waals surface area contributed by atoms with Crippen LogP contribution in [0.4, 0.5) is 15.8 Å². The summed E-state index contributed by atoms with van der Waals surface area (Å²) in [5.74, 6) is -0.614. The first kappa shape index (κ1) is 13.4. The summed E-state index contributed by atoms with van der Waals surface area (Å²) in [6.07, 6.45) is 0.738. The van der Waals surface area contributed by atoms with Crippen LogP contribution in [-0.2, 0) is 4.74 Å². The lowest BCUT2D eigenvalue weighted by atomic mass is 10.2. The Kier molecular flexibility index (Phi) is 5.35. The van der Waals surface area contributed by atoms with Gasteiger partial charge in [-0.25, -0.2) is 4.39 Å². The molecule has 0 amide bonds. The van der Waals surface area contributed by atoms with Crippen molar-refractivity contribution in [2.75, 3.05) is 25.1 Å². The molecule has 0 atom stereocenters. The lowest BCUT2D eigenvalue weighted by Crippen LogP contribution is -2.07. The number of anilines is 1. The zero-order valence-corrected chi connectivity index (χ0v) is 9.61. The van der Waals surface area contributed by atoms with E-state index in [2.05, 4.69) is 5.32 Å². The van der Waals surface area contributed by atoms with Crippen molar-refractivity contribution in [3.05, 3.63) is 34.1 Å². The Labute approximate surface area is 98.7 Å². The van der Waals surface area contributed by atoms with E-state index in [1.807, 2.05) is 6.92 Å². The highest BCUT2D eigenvalue weighted by Crippen LogP contribution is 2.24. The van der Waals surface area contributed by atoms with Crippen LogP contribution in [0.1, 0.15) is 13.3 Å². The van der Waals surface area contributed by atoms with Crippen molar-refractivity contribution in [2.24, 2.45) is 0 Å². The molecule has 94 valence electrons. The molecule has 0 radical (unpaired) electrons. The summed E-state index contributed by atoms with van der Waals surface area (Å²) < 4.78 is 18.0. The average molecular weight is 242 g/mol. The van der Waals surface area contributed by atoms with E-state index >= 15 is 0 Å². The zero-order valence-electron chi connectivity index (χ0n) is 9.61. The minimum atomic E-state index is -0.614. The number of hydrogen-bond acceptors (Lipinski definition) is 4. The Hall–Kier alpha value is -1.69. The molecule has 0 aromatic heterocycles. The molecule has 1 aromatic rings. The van der Waals surface area contributed by atoms with Crippen LogP contribution in [0.15, 0.2) is 18.2 Å². The van der Waals surface area contributed by atoms with Gasteiger partial charge in [0.05, 0.1) is 11.0 Å². The standard InChI is InChI=1S/C11H15FN2O3/c1-2-17-7-3-6-13-10-5-4-9(12)8-11(10)14(15)16/h4-5,8,13H,2-3,6-7H2,1H3. The Morgan fingerprint density at radius 3 is 2.94 bits per heavy atom. The van der Waals surface area contributed by atoms with Gasteiger partial charge in [-0.2, -0.15) is 0 Å². The topological polar surface area (TPSA) is 64.4 Å². The molecule has 0 bridgehead atoms. The number of benzene rings is 1. The fourth-order valence-corrected chi connectivity index (χ4v) is 1.35. The van der Waals surface area contributed by atoms with E-state index in [0.717, 1.165) is 12.5 Å². The van der Waals surface area contributed by atoms with Gasteiger partial charge in [0.25, 0.3) is 5.69 Å². The third-order valence-corrected chi connectivity index (χ3v) is 2.14. The van der Waals surface area contributed by atoms with Crippen LogP contribution in [0.25, 0.3) is 0 Å². The van der Waals surface area contributed by atoms with E-state index in [0.29, 0.717) is 25.4 Å². The molecule has 0 spiro atoms. The van der Waals surface area contributed by atoms with Crippen molar-refractivity contribution in [1.29, 1.82) is 0 Å². The molecule has 0 saturated heterocycles. The third kappa shape index (κ3) is 4.36. The first-order valence-electron chi connectivity index (χ1n) is 5.40. The second-order valence-electron chi connectivity index (χ2n) is 3.40. The minimum Gasteiger partial charge on any atom is -0.382 e. The largest absolute Gasteiger partial charge is 0.382 e. The minimum absolute atomic E-state index is 0.249. The van der Waals surface area contributed by atoms with Crippen LogP contribution in [0.3, 0.4) is 0 Å². The number of nitrogens with one attached hydrogen (secondary N) is 1. The Bertz CT molecular complexity index is 385. The van der Waals surface area contributed by atoms with Gasteiger partial charge in [0.15, 0.2) is 0 Å². The summed E-state index contributed by atoms with van der Waals surface area (Å²) in [4.78, 5) is 10.1. The van der Waals surface area contributed by atoms with Crippen molar-refractivity contribution in [3.8, 4) is 0 Å². The quantitative estimate of drug-likeness (QED) is 0.453. The van der Waals surface area contributed by atoms with E-state index in [-0.39, 0.29) is 5.69 Å². The smallest absolute Gasteiger partial charge is 0.295 e. The monoisotopic (exact) mass is 242 g/mol. The highest BCUT2D eigenvalue weighted by atomic mass is 19.1. The second kappa shape index (κ2) is 6.80. The third-order valence-electron chi connectivity index (χ3n) is 2.14.